The Morgan fingerprint density at radius 3 is 2.42 bits per heavy atom. The Hall–Kier alpha value is -0.280. The fourth-order valence-electron chi connectivity index (χ4n) is 3.43. The molecule has 1 unspecified atom stereocenters. The molecule has 4 heteroatoms. The second kappa shape index (κ2) is 8.11. The lowest BCUT2D eigenvalue weighted by Gasteiger charge is -2.35. The van der Waals surface area contributed by atoms with Gasteiger partial charge in [0, 0.05) is 25.6 Å². The van der Waals surface area contributed by atoms with Crippen molar-refractivity contribution < 1.29 is 4.79 Å². The molecule has 1 heterocycles. The summed E-state index contributed by atoms with van der Waals surface area (Å²) in [5, 5.41) is 3.41. The van der Waals surface area contributed by atoms with Crippen LogP contribution in [0.1, 0.15) is 58.3 Å². The highest BCUT2D eigenvalue weighted by Crippen LogP contribution is 2.29. The van der Waals surface area contributed by atoms with E-state index in [1.165, 1.54) is 44.9 Å². The summed E-state index contributed by atoms with van der Waals surface area (Å²) in [6.45, 7) is 3.37. The summed E-state index contributed by atoms with van der Waals surface area (Å²) in [7, 11) is 2.01. The molecule has 1 aliphatic heterocycles. The third-order valence-corrected chi connectivity index (χ3v) is 4.92. The summed E-state index contributed by atoms with van der Waals surface area (Å²) in [6.07, 6.45) is 9.42. The van der Waals surface area contributed by atoms with Crippen LogP contribution < -0.4 is 5.32 Å². The van der Waals surface area contributed by atoms with Gasteiger partial charge in [0.2, 0.25) is 5.91 Å². The summed E-state index contributed by atoms with van der Waals surface area (Å²) >= 11 is 0. The van der Waals surface area contributed by atoms with Crippen molar-refractivity contribution in [1.82, 2.24) is 10.2 Å². The molecular formula is C15H29ClN2O. The summed E-state index contributed by atoms with van der Waals surface area (Å²) < 4.78 is 0. The number of rotatable bonds is 4. The molecule has 2 fully saturated rings. The largest absolute Gasteiger partial charge is 0.343 e. The monoisotopic (exact) mass is 288 g/mol. The van der Waals surface area contributed by atoms with E-state index in [1.807, 2.05) is 11.9 Å². The first-order chi connectivity index (χ1) is 8.70. The zero-order valence-electron chi connectivity index (χ0n) is 12.4. The quantitative estimate of drug-likeness (QED) is 0.862. The van der Waals surface area contributed by atoms with Crippen molar-refractivity contribution >= 4 is 18.3 Å². The van der Waals surface area contributed by atoms with E-state index in [0.717, 1.165) is 12.5 Å². The third-order valence-electron chi connectivity index (χ3n) is 4.92. The third kappa shape index (κ3) is 4.64. The maximum absolute atomic E-state index is 12.2. The molecule has 2 aliphatic rings. The Balaban J connectivity index is 0.00000180. The first-order valence-electron chi connectivity index (χ1n) is 7.69. The van der Waals surface area contributed by atoms with E-state index in [2.05, 4.69) is 12.2 Å². The second-order valence-electron chi connectivity index (χ2n) is 6.08. The number of hydrogen-bond acceptors (Lipinski definition) is 2. The molecule has 112 valence electrons. The lowest BCUT2D eigenvalue weighted by atomic mass is 9.84. The highest BCUT2D eigenvalue weighted by Gasteiger charge is 2.27. The van der Waals surface area contributed by atoms with Crippen LogP contribution in [-0.4, -0.2) is 36.5 Å². The molecule has 1 amide bonds. The summed E-state index contributed by atoms with van der Waals surface area (Å²) in [4.78, 5) is 14.3. The zero-order valence-corrected chi connectivity index (χ0v) is 13.2. The standard InChI is InChI=1S/C15H28N2O.ClH/c1-3-12-6-8-14(9-7-12)17(2)15(18)11-13-5-4-10-16-13;/h12-14,16H,3-11H2,1-2H3;1H. The van der Waals surface area contributed by atoms with Gasteiger partial charge >= 0.3 is 0 Å². The molecular weight excluding hydrogens is 260 g/mol. The molecule has 3 nitrogen and oxygen atoms in total. The van der Waals surface area contributed by atoms with Crippen LogP contribution >= 0.6 is 12.4 Å². The van der Waals surface area contributed by atoms with E-state index < -0.39 is 0 Å². The van der Waals surface area contributed by atoms with Gasteiger partial charge in [0.25, 0.3) is 0 Å². The van der Waals surface area contributed by atoms with Crippen molar-refractivity contribution in [3.63, 3.8) is 0 Å². The number of nitrogens with one attached hydrogen (secondary N) is 1. The van der Waals surface area contributed by atoms with E-state index in [9.17, 15) is 4.79 Å². The molecule has 0 radical (unpaired) electrons. The maximum Gasteiger partial charge on any atom is 0.224 e. The molecule has 19 heavy (non-hydrogen) atoms. The van der Waals surface area contributed by atoms with Gasteiger partial charge in [-0.2, -0.15) is 0 Å². The van der Waals surface area contributed by atoms with Crippen LogP contribution in [0.25, 0.3) is 0 Å². The first kappa shape index (κ1) is 16.8. The molecule has 0 aromatic rings. The smallest absolute Gasteiger partial charge is 0.224 e. The van der Waals surface area contributed by atoms with Crippen LogP contribution in [0.3, 0.4) is 0 Å². The van der Waals surface area contributed by atoms with Gasteiger partial charge in [0.1, 0.15) is 0 Å². The highest BCUT2D eigenvalue weighted by atomic mass is 35.5. The molecule has 0 aromatic heterocycles. The Morgan fingerprint density at radius 1 is 1.21 bits per heavy atom. The minimum absolute atomic E-state index is 0. The van der Waals surface area contributed by atoms with Crippen molar-refractivity contribution in [2.75, 3.05) is 13.6 Å². The topological polar surface area (TPSA) is 32.3 Å². The second-order valence-corrected chi connectivity index (χ2v) is 6.08. The van der Waals surface area contributed by atoms with Crippen LogP contribution in [0.5, 0.6) is 0 Å². The molecule has 0 spiro atoms. The highest BCUT2D eigenvalue weighted by molar-refractivity contribution is 5.85. The lowest BCUT2D eigenvalue weighted by Crippen LogP contribution is -2.41. The zero-order chi connectivity index (χ0) is 13.0. The predicted octanol–water partition coefficient (Wildman–Crippen LogP) is 2.98. The van der Waals surface area contributed by atoms with Crippen molar-refractivity contribution in [2.24, 2.45) is 5.92 Å². The van der Waals surface area contributed by atoms with Crippen LogP contribution in [0.15, 0.2) is 0 Å². The molecule has 0 bridgehead atoms. The van der Waals surface area contributed by atoms with Crippen LogP contribution in [0.2, 0.25) is 0 Å². The molecule has 0 aromatic carbocycles. The molecule has 1 N–H and O–H groups in total. The molecule has 2 rings (SSSR count). The number of nitrogens with zero attached hydrogens (tertiary/aromatic N) is 1. The molecule has 1 aliphatic carbocycles. The predicted molar refractivity (Wildman–Crippen MR) is 81.7 cm³/mol. The molecule has 1 saturated carbocycles. The summed E-state index contributed by atoms with van der Waals surface area (Å²) in [5.41, 5.74) is 0. The number of carbonyl (C=O) groups excluding carboxylic acids is 1. The number of halogens is 1. The van der Waals surface area contributed by atoms with E-state index in [4.69, 9.17) is 0 Å². The SMILES string of the molecule is CCC1CCC(N(C)C(=O)CC2CCCN2)CC1.Cl. The van der Waals surface area contributed by atoms with Gasteiger partial charge in [-0.25, -0.2) is 0 Å². The van der Waals surface area contributed by atoms with Gasteiger partial charge in [-0.3, -0.25) is 4.79 Å². The van der Waals surface area contributed by atoms with Crippen LogP contribution in [0.4, 0.5) is 0 Å². The Labute approximate surface area is 123 Å². The Morgan fingerprint density at radius 2 is 1.89 bits per heavy atom. The van der Waals surface area contributed by atoms with Gasteiger partial charge in [0.15, 0.2) is 0 Å². The van der Waals surface area contributed by atoms with E-state index >= 15 is 0 Å². The van der Waals surface area contributed by atoms with Crippen LogP contribution in [0, 0.1) is 5.92 Å². The maximum atomic E-state index is 12.2. The number of hydrogen-bond donors (Lipinski definition) is 1. The van der Waals surface area contributed by atoms with Crippen LogP contribution in [-0.2, 0) is 4.79 Å². The lowest BCUT2D eigenvalue weighted by molar-refractivity contribution is -0.133. The minimum Gasteiger partial charge on any atom is -0.343 e. The normalized spacial score (nSPS) is 30.7. The number of carbonyl (C=O) groups is 1. The van der Waals surface area contributed by atoms with Crippen molar-refractivity contribution in [3.05, 3.63) is 0 Å². The molecule has 1 atom stereocenters. The Kier molecular flexibility index (Phi) is 7.16. The number of amides is 1. The van der Waals surface area contributed by atoms with Gasteiger partial charge in [-0.05, 0) is 51.0 Å². The average molecular weight is 289 g/mol. The van der Waals surface area contributed by atoms with Gasteiger partial charge in [-0.1, -0.05) is 13.3 Å². The fourth-order valence-corrected chi connectivity index (χ4v) is 3.43. The Bertz CT molecular complexity index is 271. The minimum atomic E-state index is 0. The first-order valence-corrected chi connectivity index (χ1v) is 7.69. The average Bonchev–Trinajstić information content (AvgIpc) is 2.91. The van der Waals surface area contributed by atoms with Crippen molar-refractivity contribution in [1.29, 1.82) is 0 Å². The fraction of sp³-hybridized carbons (Fsp3) is 0.933. The van der Waals surface area contributed by atoms with Crippen molar-refractivity contribution in [3.8, 4) is 0 Å². The van der Waals surface area contributed by atoms with Gasteiger partial charge in [-0.15, -0.1) is 12.4 Å². The van der Waals surface area contributed by atoms with Gasteiger partial charge < -0.3 is 10.2 Å². The van der Waals surface area contributed by atoms with E-state index in [0.29, 0.717) is 24.4 Å². The van der Waals surface area contributed by atoms with Gasteiger partial charge in [0.05, 0.1) is 0 Å². The van der Waals surface area contributed by atoms with E-state index in [1.54, 1.807) is 0 Å². The summed E-state index contributed by atoms with van der Waals surface area (Å²) in [5.74, 6) is 1.25. The van der Waals surface area contributed by atoms with E-state index in [-0.39, 0.29) is 12.4 Å². The summed E-state index contributed by atoms with van der Waals surface area (Å²) in [6, 6.07) is 0.939. The molecule has 1 saturated heterocycles. The van der Waals surface area contributed by atoms with Crippen molar-refractivity contribution in [2.45, 2.75) is 70.4 Å².